The molecule has 2 nitrogen and oxygen atoms in total. The number of nitrogens with zero attached hydrogens (tertiary/aromatic N) is 2. The molecule has 270 valence electrons. The summed E-state index contributed by atoms with van der Waals surface area (Å²) in [7, 11) is 0. The molecule has 2 heteroatoms. The molecular formula is C54H44N2. The fourth-order valence-corrected chi connectivity index (χ4v) is 6.87. The highest BCUT2D eigenvalue weighted by Crippen LogP contribution is 2.38. The van der Waals surface area contributed by atoms with Crippen LogP contribution in [0.4, 0.5) is 34.1 Å². The van der Waals surface area contributed by atoms with Gasteiger partial charge in [-0.05, 0) is 120 Å². The van der Waals surface area contributed by atoms with E-state index in [-0.39, 0.29) is 0 Å². The van der Waals surface area contributed by atoms with Gasteiger partial charge in [0.1, 0.15) is 0 Å². The van der Waals surface area contributed by atoms with Crippen LogP contribution in [-0.4, -0.2) is 0 Å². The second-order valence-electron chi connectivity index (χ2n) is 14.1. The Balaban J connectivity index is 1.05. The zero-order chi connectivity index (χ0) is 38.1. The van der Waals surface area contributed by atoms with Gasteiger partial charge in [0, 0.05) is 34.1 Å². The molecule has 8 aromatic rings. The molecule has 0 bridgehead atoms. The van der Waals surface area contributed by atoms with Crippen molar-refractivity contribution in [1.82, 2.24) is 0 Å². The van der Waals surface area contributed by atoms with Gasteiger partial charge in [-0.3, -0.25) is 0 Å². The first-order valence-electron chi connectivity index (χ1n) is 19.2. The lowest BCUT2D eigenvalue weighted by molar-refractivity contribution is 1.27. The number of aryl methyl sites for hydroxylation is 2. The van der Waals surface area contributed by atoms with Gasteiger partial charge >= 0.3 is 0 Å². The average Bonchev–Trinajstić information content (AvgIpc) is 3.26. The summed E-state index contributed by atoms with van der Waals surface area (Å²) < 4.78 is 0. The van der Waals surface area contributed by atoms with E-state index in [1.54, 1.807) is 0 Å². The van der Waals surface area contributed by atoms with Crippen LogP contribution in [0.5, 0.6) is 0 Å². The molecule has 0 heterocycles. The Kier molecular flexibility index (Phi) is 10.8. The SMILES string of the molecule is Cc1ccc(N(c2ccc(/C=C/c3ccccc3)cc2)c2ccc(-c3ccc(N(c4ccc(C)cc4)c4ccc(/C=C/c5ccccc5)cc4)cc3)cc2)cc1. The summed E-state index contributed by atoms with van der Waals surface area (Å²) in [6.07, 6.45) is 8.64. The van der Waals surface area contributed by atoms with E-state index in [4.69, 9.17) is 0 Å². The average molecular weight is 721 g/mol. The minimum atomic E-state index is 1.11. The highest BCUT2D eigenvalue weighted by atomic mass is 15.1. The summed E-state index contributed by atoms with van der Waals surface area (Å²) in [6.45, 7) is 4.26. The number of benzene rings is 8. The molecular weight excluding hydrogens is 677 g/mol. The summed E-state index contributed by atoms with van der Waals surface area (Å²) in [5.74, 6) is 0. The maximum absolute atomic E-state index is 2.32. The smallest absolute Gasteiger partial charge is 0.0462 e. The van der Waals surface area contributed by atoms with Crippen LogP contribution < -0.4 is 9.80 Å². The van der Waals surface area contributed by atoms with E-state index in [9.17, 15) is 0 Å². The predicted octanol–water partition coefficient (Wildman–Crippen LogP) is 15.3. The molecule has 0 aliphatic heterocycles. The van der Waals surface area contributed by atoms with Gasteiger partial charge in [0.05, 0.1) is 0 Å². The number of hydrogen-bond acceptors (Lipinski definition) is 2. The fraction of sp³-hybridized carbons (Fsp3) is 0.0370. The van der Waals surface area contributed by atoms with Crippen molar-refractivity contribution < 1.29 is 0 Å². The maximum atomic E-state index is 2.32. The Hall–Kier alpha value is -7.16. The van der Waals surface area contributed by atoms with Crippen LogP contribution in [0.1, 0.15) is 33.4 Å². The lowest BCUT2D eigenvalue weighted by atomic mass is 10.0. The van der Waals surface area contributed by atoms with Crippen LogP contribution in [0.3, 0.4) is 0 Å². The normalized spacial score (nSPS) is 11.2. The Bertz CT molecular complexity index is 2330. The van der Waals surface area contributed by atoms with Gasteiger partial charge in [0.2, 0.25) is 0 Å². The molecule has 0 amide bonds. The molecule has 0 unspecified atom stereocenters. The molecule has 0 aliphatic carbocycles. The zero-order valence-electron chi connectivity index (χ0n) is 31.8. The highest BCUT2D eigenvalue weighted by molar-refractivity contribution is 5.82. The van der Waals surface area contributed by atoms with Crippen molar-refractivity contribution in [3.8, 4) is 11.1 Å². The van der Waals surface area contributed by atoms with Gasteiger partial charge in [-0.2, -0.15) is 0 Å². The zero-order valence-corrected chi connectivity index (χ0v) is 31.8. The summed E-state index contributed by atoms with van der Waals surface area (Å²) in [5.41, 5.74) is 16.2. The second kappa shape index (κ2) is 16.9. The van der Waals surface area contributed by atoms with Crippen molar-refractivity contribution in [2.24, 2.45) is 0 Å². The first-order chi connectivity index (χ1) is 27.6. The van der Waals surface area contributed by atoms with Gasteiger partial charge in [-0.1, -0.05) is 169 Å². The number of anilines is 6. The molecule has 0 radical (unpaired) electrons. The van der Waals surface area contributed by atoms with Crippen molar-refractivity contribution in [2.75, 3.05) is 9.80 Å². The summed E-state index contributed by atoms with van der Waals surface area (Å²) in [5, 5.41) is 0. The third-order valence-corrected chi connectivity index (χ3v) is 10.0. The predicted molar refractivity (Wildman–Crippen MR) is 241 cm³/mol. The molecule has 0 N–H and O–H groups in total. The van der Waals surface area contributed by atoms with Crippen LogP contribution in [0.15, 0.2) is 206 Å². The lowest BCUT2D eigenvalue weighted by Gasteiger charge is -2.26. The topological polar surface area (TPSA) is 6.48 Å². The maximum Gasteiger partial charge on any atom is 0.0462 e. The second-order valence-corrected chi connectivity index (χ2v) is 14.1. The van der Waals surface area contributed by atoms with Crippen molar-refractivity contribution in [1.29, 1.82) is 0 Å². The van der Waals surface area contributed by atoms with E-state index >= 15 is 0 Å². The van der Waals surface area contributed by atoms with Crippen LogP contribution >= 0.6 is 0 Å². The Morgan fingerprint density at radius 1 is 0.250 bits per heavy atom. The largest absolute Gasteiger partial charge is 0.311 e. The standard InChI is InChI=1S/C54H44N2/c1-41-13-29-49(30-14-41)55(51-33-21-45(22-34-51)19-17-43-9-5-3-6-10-43)53-37-25-47(26-38-53)48-27-39-54(40-28-48)56(50-31-15-42(2)16-32-50)52-35-23-46(24-36-52)20-18-44-11-7-4-8-12-44/h3-40H,1-2H3/b19-17+,20-18+. The Labute approximate surface area is 331 Å². The van der Waals surface area contributed by atoms with Gasteiger partial charge in [-0.25, -0.2) is 0 Å². The highest BCUT2D eigenvalue weighted by Gasteiger charge is 2.15. The Morgan fingerprint density at radius 2 is 0.482 bits per heavy atom. The molecule has 0 aliphatic rings. The fourth-order valence-electron chi connectivity index (χ4n) is 6.87. The number of hydrogen-bond donors (Lipinski definition) is 0. The Morgan fingerprint density at radius 3 is 0.768 bits per heavy atom. The van der Waals surface area contributed by atoms with E-state index in [1.807, 2.05) is 12.1 Å². The van der Waals surface area contributed by atoms with E-state index in [1.165, 1.54) is 33.4 Å². The van der Waals surface area contributed by atoms with Crippen molar-refractivity contribution >= 4 is 58.4 Å². The molecule has 0 aromatic heterocycles. The van der Waals surface area contributed by atoms with Gasteiger partial charge in [0.15, 0.2) is 0 Å². The van der Waals surface area contributed by atoms with E-state index < -0.39 is 0 Å². The molecule has 8 rings (SSSR count). The van der Waals surface area contributed by atoms with E-state index in [0.29, 0.717) is 0 Å². The monoisotopic (exact) mass is 720 g/mol. The molecule has 0 spiro atoms. The third-order valence-electron chi connectivity index (χ3n) is 10.0. The minimum Gasteiger partial charge on any atom is -0.311 e. The van der Waals surface area contributed by atoms with Gasteiger partial charge < -0.3 is 9.80 Å². The van der Waals surface area contributed by atoms with Crippen LogP contribution in [0.25, 0.3) is 35.4 Å². The molecule has 56 heavy (non-hydrogen) atoms. The van der Waals surface area contributed by atoms with Gasteiger partial charge in [0.25, 0.3) is 0 Å². The van der Waals surface area contributed by atoms with Crippen molar-refractivity contribution in [3.05, 3.63) is 240 Å². The van der Waals surface area contributed by atoms with E-state index in [2.05, 4.69) is 242 Å². The van der Waals surface area contributed by atoms with Crippen molar-refractivity contribution in [2.45, 2.75) is 13.8 Å². The first-order valence-corrected chi connectivity index (χ1v) is 19.2. The summed E-state index contributed by atoms with van der Waals surface area (Å²) in [4.78, 5) is 4.64. The molecule has 8 aromatic carbocycles. The molecule has 0 atom stereocenters. The molecule has 0 saturated heterocycles. The van der Waals surface area contributed by atoms with Crippen LogP contribution in [-0.2, 0) is 0 Å². The quantitative estimate of drug-likeness (QED) is 0.123. The third kappa shape index (κ3) is 8.62. The number of rotatable bonds is 11. The first kappa shape index (κ1) is 35.8. The lowest BCUT2D eigenvalue weighted by Crippen LogP contribution is -2.10. The molecule has 0 saturated carbocycles. The minimum absolute atomic E-state index is 1.11. The molecule has 0 fully saturated rings. The van der Waals surface area contributed by atoms with Crippen LogP contribution in [0.2, 0.25) is 0 Å². The van der Waals surface area contributed by atoms with E-state index in [0.717, 1.165) is 45.3 Å². The van der Waals surface area contributed by atoms with Crippen molar-refractivity contribution in [3.63, 3.8) is 0 Å². The summed E-state index contributed by atoms with van der Waals surface area (Å²) >= 11 is 0. The van der Waals surface area contributed by atoms with Gasteiger partial charge in [-0.15, -0.1) is 0 Å². The van der Waals surface area contributed by atoms with Crippen LogP contribution in [0, 0.1) is 13.8 Å². The summed E-state index contributed by atoms with van der Waals surface area (Å²) in [6, 6.07) is 73.6.